The van der Waals surface area contributed by atoms with Crippen LogP contribution in [0.4, 0.5) is 10.1 Å². The lowest BCUT2D eigenvalue weighted by Gasteiger charge is -2.11. The van der Waals surface area contributed by atoms with Crippen LogP contribution in [0.25, 0.3) is 0 Å². The summed E-state index contributed by atoms with van der Waals surface area (Å²) < 4.78 is 13.5. The Hall–Kier alpha value is -0.540. The van der Waals surface area contributed by atoms with Crippen molar-refractivity contribution >= 4 is 33.2 Å². The van der Waals surface area contributed by atoms with Gasteiger partial charge in [-0.2, -0.15) is 0 Å². The van der Waals surface area contributed by atoms with Gasteiger partial charge in [0.25, 0.3) is 0 Å². The maximum Gasteiger partial charge on any atom is 0.139 e. The summed E-state index contributed by atoms with van der Waals surface area (Å²) in [7, 11) is 0. The lowest BCUT2D eigenvalue weighted by molar-refractivity contribution is 0.622. The molecule has 14 heavy (non-hydrogen) atoms. The molecule has 76 valence electrons. The van der Waals surface area contributed by atoms with E-state index >= 15 is 0 Å². The van der Waals surface area contributed by atoms with Crippen LogP contribution in [0.2, 0.25) is 5.02 Å². The van der Waals surface area contributed by atoms with Crippen molar-refractivity contribution in [1.29, 1.82) is 0 Å². The van der Waals surface area contributed by atoms with Gasteiger partial charge in [0.15, 0.2) is 0 Å². The van der Waals surface area contributed by atoms with Gasteiger partial charge in [-0.05, 0) is 34.5 Å². The number of allylic oxidation sites excluding steroid dienone is 1. The summed E-state index contributed by atoms with van der Waals surface area (Å²) in [6.45, 7) is 5.72. The molecule has 1 aromatic carbocycles. The van der Waals surface area contributed by atoms with E-state index in [4.69, 9.17) is 11.6 Å². The van der Waals surface area contributed by atoms with Crippen molar-refractivity contribution in [3.63, 3.8) is 0 Å². The minimum Gasteiger partial charge on any atom is -0.357 e. The summed E-state index contributed by atoms with van der Waals surface area (Å²) >= 11 is 9.03. The summed E-state index contributed by atoms with van der Waals surface area (Å²) in [5.41, 5.74) is 1.32. The third-order valence-corrected chi connectivity index (χ3v) is 2.86. The number of anilines is 1. The van der Waals surface area contributed by atoms with E-state index in [0.29, 0.717) is 15.2 Å². The zero-order valence-electron chi connectivity index (χ0n) is 7.70. The third kappa shape index (κ3) is 2.49. The molecule has 0 aromatic heterocycles. The van der Waals surface area contributed by atoms with Crippen molar-refractivity contribution < 1.29 is 4.39 Å². The highest BCUT2D eigenvalue weighted by Crippen LogP contribution is 2.33. The van der Waals surface area contributed by atoms with Gasteiger partial charge in [0.05, 0.1) is 15.2 Å². The van der Waals surface area contributed by atoms with Crippen molar-refractivity contribution in [3.8, 4) is 0 Å². The number of rotatable bonds is 3. The zero-order valence-corrected chi connectivity index (χ0v) is 10.0. The molecular weight excluding hydrogens is 268 g/mol. The van der Waals surface area contributed by atoms with E-state index in [-0.39, 0.29) is 5.82 Å². The quantitative estimate of drug-likeness (QED) is 0.798. The second-order valence-electron chi connectivity index (χ2n) is 2.80. The van der Waals surface area contributed by atoms with Crippen LogP contribution >= 0.6 is 27.5 Å². The largest absolute Gasteiger partial charge is 0.357 e. The SMILES string of the molecule is C=C(CC)Nc1c(Cl)ccc(F)c1Br. The fourth-order valence-electron chi connectivity index (χ4n) is 0.907. The van der Waals surface area contributed by atoms with Gasteiger partial charge in [0.1, 0.15) is 5.82 Å². The molecule has 1 rings (SSSR count). The molecule has 0 radical (unpaired) electrons. The smallest absolute Gasteiger partial charge is 0.139 e. The molecule has 0 amide bonds. The van der Waals surface area contributed by atoms with Gasteiger partial charge in [-0.1, -0.05) is 25.1 Å². The Labute approximate surface area is 96.1 Å². The van der Waals surface area contributed by atoms with E-state index in [2.05, 4.69) is 27.8 Å². The average Bonchev–Trinajstić information content (AvgIpc) is 2.18. The predicted molar refractivity (Wildman–Crippen MR) is 62.2 cm³/mol. The van der Waals surface area contributed by atoms with Crippen LogP contribution in [0.15, 0.2) is 28.9 Å². The Kier molecular flexibility index (Phi) is 3.96. The summed E-state index contributed by atoms with van der Waals surface area (Å²) in [4.78, 5) is 0. The van der Waals surface area contributed by atoms with E-state index in [1.807, 2.05) is 6.92 Å². The molecule has 0 aliphatic heterocycles. The van der Waals surface area contributed by atoms with E-state index in [0.717, 1.165) is 12.1 Å². The third-order valence-electron chi connectivity index (χ3n) is 1.77. The van der Waals surface area contributed by atoms with Crippen LogP contribution in [0.1, 0.15) is 13.3 Å². The van der Waals surface area contributed by atoms with Crippen LogP contribution in [-0.2, 0) is 0 Å². The second-order valence-corrected chi connectivity index (χ2v) is 4.00. The topological polar surface area (TPSA) is 12.0 Å². The molecule has 0 saturated heterocycles. The molecule has 0 bridgehead atoms. The Balaban J connectivity index is 3.06. The van der Waals surface area contributed by atoms with Crippen molar-refractivity contribution in [1.82, 2.24) is 0 Å². The van der Waals surface area contributed by atoms with E-state index in [1.165, 1.54) is 12.1 Å². The average molecular weight is 279 g/mol. The van der Waals surface area contributed by atoms with Crippen LogP contribution in [-0.4, -0.2) is 0 Å². The van der Waals surface area contributed by atoms with Crippen LogP contribution in [0.3, 0.4) is 0 Å². The molecule has 4 heteroatoms. The summed E-state index contributed by atoms with van der Waals surface area (Å²) in [5.74, 6) is -0.346. The van der Waals surface area contributed by atoms with Gasteiger partial charge in [0, 0.05) is 5.70 Å². The van der Waals surface area contributed by atoms with Gasteiger partial charge >= 0.3 is 0 Å². The van der Waals surface area contributed by atoms with Crippen LogP contribution in [0.5, 0.6) is 0 Å². The summed E-state index contributed by atoms with van der Waals surface area (Å²) in [6, 6.07) is 2.82. The Morgan fingerprint density at radius 2 is 2.29 bits per heavy atom. The molecule has 0 heterocycles. The van der Waals surface area contributed by atoms with Gasteiger partial charge in [-0.25, -0.2) is 4.39 Å². The fraction of sp³-hybridized carbons (Fsp3) is 0.200. The zero-order chi connectivity index (χ0) is 10.7. The highest BCUT2D eigenvalue weighted by Gasteiger charge is 2.09. The highest BCUT2D eigenvalue weighted by molar-refractivity contribution is 9.10. The molecule has 0 saturated carbocycles. The maximum atomic E-state index is 13.1. The summed E-state index contributed by atoms with van der Waals surface area (Å²) in [6.07, 6.45) is 0.763. The maximum absolute atomic E-state index is 13.1. The van der Waals surface area contributed by atoms with Gasteiger partial charge < -0.3 is 5.32 Å². The monoisotopic (exact) mass is 277 g/mol. The van der Waals surface area contributed by atoms with Crippen molar-refractivity contribution in [3.05, 3.63) is 39.7 Å². The number of nitrogens with one attached hydrogen (secondary N) is 1. The molecule has 1 N–H and O–H groups in total. The lowest BCUT2D eigenvalue weighted by atomic mass is 10.3. The highest BCUT2D eigenvalue weighted by atomic mass is 79.9. The van der Waals surface area contributed by atoms with Crippen LogP contribution in [0, 0.1) is 5.82 Å². The number of halogens is 3. The molecule has 0 aliphatic carbocycles. The molecule has 0 spiro atoms. The molecule has 0 fully saturated rings. The number of hydrogen-bond donors (Lipinski definition) is 1. The van der Waals surface area contributed by atoms with E-state index in [9.17, 15) is 4.39 Å². The van der Waals surface area contributed by atoms with Gasteiger partial charge in [-0.3, -0.25) is 0 Å². The molecule has 0 atom stereocenters. The summed E-state index contributed by atoms with van der Waals surface area (Å²) in [5, 5.41) is 3.42. The minimum atomic E-state index is -0.346. The Morgan fingerprint density at radius 1 is 1.64 bits per heavy atom. The first kappa shape index (κ1) is 11.5. The lowest BCUT2D eigenvalue weighted by Crippen LogP contribution is -1.99. The van der Waals surface area contributed by atoms with Gasteiger partial charge in [-0.15, -0.1) is 0 Å². The van der Waals surface area contributed by atoms with Crippen molar-refractivity contribution in [2.45, 2.75) is 13.3 Å². The van der Waals surface area contributed by atoms with Gasteiger partial charge in [0.2, 0.25) is 0 Å². The number of benzene rings is 1. The first-order chi connectivity index (χ1) is 6.56. The first-order valence-corrected chi connectivity index (χ1v) is 5.31. The predicted octanol–water partition coefficient (Wildman–Crippen LogP) is 4.58. The van der Waals surface area contributed by atoms with Crippen molar-refractivity contribution in [2.24, 2.45) is 0 Å². The molecule has 0 aliphatic rings. The van der Waals surface area contributed by atoms with E-state index < -0.39 is 0 Å². The fourth-order valence-corrected chi connectivity index (χ4v) is 1.67. The Morgan fingerprint density at radius 3 is 2.86 bits per heavy atom. The number of hydrogen-bond acceptors (Lipinski definition) is 1. The van der Waals surface area contributed by atoms with Crippen LogP contribution < -0.4 is 5.32 Å². The second kappa shape index (κ2) is 4.80. The molecule has 1 nitrogen and oxygen atoms in total. The molecule has 0 unspecified atom stereocenters. The van der Waals surface area contributed by atoms with Crippen molar-refractivity contribution in [2.75, 3.05) is 5.32 Å². The minimum absolute atomic E-state index is 0.333. The molecule has 1 aromatic rings. The van der Waals surface area contributed by atoms with E-state index in [1.54, 1.807) is 0 Å². The standard InChI is InChI=1S/C10H10BrClFN/c1-3-6(2)14-10-7(12)4-5-8(13)9(10)11/h4-5,14H,2-3H2,1H3. The molecular formula is C10H10BrClFN. The first-order valence-electron chi connectivity index (χ1n) is 4.14. The normalized spacial score (nSPS) is 10.0. The Bertz CT molecular complexity index is 365.